The van der Waals surface area contributed by atoms with Gasteiger partial charge in [0, 0.05) is 23.3 Å². The molecule has 3 aromatic rings. The summed E-state index contributed by atoms with van der Waals surface area (Å²) in [5.41, 5.74) is 3.55. The van der Waals surface area contributed by atoms with Crippen molar-refractivity contribution < 1.29 is 4.74 Å². The first-order valence-electron chi connectivity index (χ1n) is 8.55. The molecule has 0 aromatic heterocycles. The zero-order chi connectivity index (χ0) is 17.3. The molecule has 0 radical (unpaired) electrons. The highest BCUT2D eigenvalue weighted by molar-refractivity contribution is 6.30. The van der Waals surface area contributed by atoms with Crippen LogP contribution >= 0.6 is 11.6 Å². The molecule has 0 spiro atoms. The van der Waals surface area contributed by atoms with Gasteiger partial charge >= 0.3 is 0 Å². The van der Waals surface area contributed by atoms with E-state index in [2.05, 4.69) is 35.6 Å². The lowest BCUT2D eigenvalue weighted by Crippen LogP contribution is -2.02. The fourth-order valence-corrected chi connectivity index (χ4v) is 2.87. The molecule has 0 fully saturated rings. The summed E-state index contributed by atoms with van der Waals surface area (Å²) in [6.45, 7) is 1.45. The van der Waals surface area contributed by atoms with Gasteiger partial charge < -0.3 is 10.1 Å². The summed E-state index contributed by atoms with van der Waals surface area (Å²) < 4.78 is 5.88. The van der Waals surface area contributed by atoms with Crippen molar-refractivity contribution in [1.29, 1.82) is 0 Å². The van der Waals surface area contributed by atoms with Gasteiger partial charge in [0.15, 0.2) is 0 Å². The van der Waals surface area contributed by atoms with Gasteiger partial charge in [-0.05, 0) is 48.2 Å². The van der Waals surface area contributed by atoms with E-state index < -0.39 is 0 Å². The first-order chi connectivity index (χ1) is 12.3. The molecule has 25 heavy (non-hydrogen) atoms. The predicted molar refractivity (Wildman–Crippen MR) is 105 cm³/mol. The minimum absolute atomic E-state index is 0.715. The molecular weight excluding hydrogens is 330 g/mol. The Hall–Kier alpha value is -2.45. The number of nitrogens with one attached hydrogen (secondary N) is 1. The van der Waals surface area contributed by atoms with E-state index in [1.54, 1.807) is 0 Å². The van der Waals surface area contributed by atoms with Gasteiger partial charge in [0.2, 0.25) is 0 Å². The summed E-state index contributed by atoms with van der Waals surface area (Å²) in [5, 5.41) is 4.17. The number of aryl methyl sites for hydroxylation is 1. The predicted octanol–water partition coefficient (Wildman–Crippen LogP) is 5.96. The Bertz CT molecular complexity index is 789. The molecule has 128 valence electrons. The normalized spacial score (nSPS) is 10.4. The van der Waals surface area contributed by atoms with Gasteiger partial charge in [-0.1, -0.05) is 60.1 Å². The van der Waals surface area contributed by atoms with Crippen LogP contribution in [0.4, 0.5) is 5.69 Å². The summed E-state index contributed by atoms with van der Waals surface area (Å²) in [6.07, 6.45) is 2.04. The smallest absolute Gasteiger partial charge is 0.121 e. The molecule has 0 saturated heterocycles. The molecule has 1 N–H and O–H groups in total. The van der Waals surface area contributed by atoms with Crippen molar-refractivity contribution >= 4 is 17.3 Å². The highest BCUT2D eigenvalue weighted by Crippen LogP contribution is 2.19. The van der Waals surface area contributed by atoms with Crippen LogP contribution in [0.25, 0.3) is 0 Å². The summed E-state index contributed by atoms with van der Waals surface area (Å²) in [4.78, 5) is 0. The molecule has 0 atom stereocenters. The van der Waals surface area contributed by atoms with Crippen LogP contribution in [0.2, 0.25) is 5.02 Å². The Kier molecular flexibility index (Phi) is 6.35. The fourth-order valence-electron chi connectivity index (χ4n) is 2.66. The van der Waals surface area contributed by atoms with E-state index >= 15 is 0 Å². The van der Waals surface area contributed by atoms with E-state index in [0.717, 1.165) is 41.4 Å². The van der Waals surface area contributed by atoms with Gasteiger partial charge in [-0.3, -0.25) is 0 Å². The number of anilines is 1. The molecule has 0 unspecified atom stereocenters. The van der Waals surface area contributed by atoms with Crippen molar-refractivity contribution in [3.8, 4) is 5.75 Å². The van der Waals surface area contributed by atoms with E-state index in [9.17, 15) is 0 Å². The third-order valence-corrected chi connectivity index (χ3v) is 4.18. The Morgan fingerprint density at radius 2 is 1.60 bits per heavy atom. The van der Waals surface area contributed by atoms with E-state index in [0.29, 0.717) is 6.61 Å². The van der Waals surface area contributed by atoms with Gasteiger partial charge in [0.25, 0.3) is 0 Å². The minimum atomic E-state index is 0.715. The second kappa shape index (κ2) is 9.14. The van der Waals surface area contributed by atoms with E-state index in [4.69, 9.17) is 16.3 Å². The molecule has 0 aliphatic carbocycles. The topological polar surface area (TPSA) is 21.3 Å². The van der Waals surface area contributed by atoms with Crippen molar-refractivity contribution in [3.05, 3.63) is 95.0 Å². The minimum Gasteiger partial charge on any atom is -0.494 e. The molecule has 0 saturated carbocycles. The lowest BCUT2D eigenvalue weighted by Gasteiger charge is -2.10. The standard InChI is InChI=1S/C22H22ClNO/c23-20-11-4-9-19(15-20)17-24-21-12-5-13-22(16-21)25-14-6-10-18-7-2-1-3-8-18/h1-5,7-9,11-13,15-16,24H,6,10,14,17H2. The highest BCUT2D eigenvalue weighted by Gasteiger charge is 1.99. The summed E-state index contributed by atoms with van der Waals surface area (Å²) in [5.74, 6) is 0.893. The molecule has 3 rings (SSSR count). The van der Waals surface area contributed by atoms with Crippen molar-refractivity contribution in [2.75, 3.05) is 11.9 Å². The van der Waals surface area contributed by atoms with Crippen LogP contribution in [-0.2, 0) is 13.0 Å². The van der Waals surface area contributed by atoms with E-state index in [1.165, 1.54) is 5.56 Å². The average molecular weight is 352 g/mol. The van der Waals surface area contributed by atoms with E-state index in [1.807, 2.05) is 48.5 Å². The zero-order valence-electron chi connectivity index (χ0n) is 14.1. The molecule has 0 bridgehead atoms. The van der Waals surface area contributed by atoms with Crippen LogP contribution in [0.1, 0.15) is 17.5 Å². The molecule has 0 aliphatic heterocycles. The highest BCUT2D eigenvalue weighted by atomic mass is 35.5. The van der Waals surface area contributed by atoms with Crippen LogP contribution in [0, 0.1) is 0 Å². The fraction of sp³-hybridized carbons (Fsp3) is 0.182. The van der Waals surface area contributed by atoms with E-state index in [-0.39, 0.29) is 0 Å². The maximum atomic E-state index is 6.02. The number of hydrogen-bond acceptors (Lipinski definition) is 2. The Labute approximate surface area is 154 Å². The third-order valence-electron chi connectivity index (χ3n) is 3.94. The number of benzene rings is 3. The Balaban J connectivity index is 1.46. The van der Waals surface area contributed by atoms with Crippen LogP contribution < -0.4 is 10.1 Å². The molecule has 0 aliphatic rings. The maximum absolute atomic E-state index is 6.02. The summed E-state index contributed by atoms with van der Waals surface area (Å²) >= 11 is 6.02. The largest absolute Gasteiger partial charge is 0.494 e. The molecule has 0 amide bonds. The Morgan fingerprint density at radius 3 is 2.44 bits per heavy atom. The quantitative estimate of drug-likeness (QED) is 0.505. The van der Waals surface area contributed by atoms with Crippen molar-refractivity contribution in [2.45, 2.75) is 19.4 Å². The maximum Gasteiger partial charge on any atom is 0.121 e. The molecular formula is C22H22ClNO. The van der Waals surface area contributed by atoms with Gasteiger partial charge in [-0.15, -0.1) is 0 Å². The van der Waals surface area contributed by atoms with Gasteiger partial charge in [0.1, 0.15) is 5.75 Å². The van der Waals surface area contributed by atoms with Gasteiger partial charge in [-0.2, -0.15) is 0 Å². The van der Waals surface area contributed by atoms with Crippen molar-refractivity contribution in [3.63, 3.8) is 0 Å². The van der Waals surface area contributed by atoms with Crippen LogP contribution in [-0.4, -0.2) is 6.61 Å². The Morgan fingerprint density at radius 1 is 0.800 bits per heavy atom. The number of ether oxygens (including phenoxy) is 1. The molecule has 3 heteroatoms. The van der Waals surface area contributed by atoms with Crippen molar-refractivity contribution in [1.82, 2.24) is 0 Å². The second-order valence-corrected chi connectivity index (χ2v) is 6.39. The van der Waals surface area contributed by atoms with Crippen LogP contribution in [0.5, 0.6) is 5.75 Å². The lowest BCUT2D eigenvalue weighted by atomic mass is 10.1. The monoisotopic (exact) mass is 351 g/mol. The third kappa shape index (κ3) is 5.84. The summed E-state index contributed by atoms with van der Waals surface area (Å²) in [6, 6.07) is 26.5. The van der Waals surface area contributed by atoms with Gasteiger partial charge in [0.05, 0.1) is 6.61 Å². The zero-order valence-corrected chi connectivity index (χ0v) is 14.9. The molecule has 0 heterocycles. The van der Waals surface area contributed by atoms with Crippen LogP contribution in [0.15, 0.2) is 78.9 Å². The van der Waals surface area contributed by atoms with Gasteiger partial charge in [-0.25, -0.2) is 0 Å². The average Bonchev–Trinajstić information content (AvgIpc) is 2.65. The number of halogens is 1. The van der Waals surface area contributed by atoms with Crippen molar-refractivity contribution in [2.24, 2.45) is 0 Å². The lowest BCUT2D eigenvalue weighted by molar-refractivity contribution is 0.311. The number of rotatable bonds is 8. The van der Waals surface area contributed by atoms with Crippen LogP contribution in [0.3, 0.4) is 0 Å². The first-order valence-corrected chi connectivity index (χ1v) is 8.92. The molecule has 2 nitrogen and oxygen atoms in total. The summed E-state index contributed by atoms with van der Waals surface area (Å²) in [7, 11) is 0. The second-order valence-electron chi connectivity index (χ2n) is 5.95. The number of hydrogen-bond donors (Lipinski definition) is 1. The SMILES string of the molecule is Clc1cccc(CNc2cccc(OCCCc3ccccc3)c2)c1. The first kappa shape index (κ1) is 17.4. The molecule has 3 aromatic carbocycles.